The molecule has 0 aliphatic carbocycles. The minimum Gasteiger partial charge on any atom is -0.494 e. The molecule has 0 saturated heterocycles. The van der Waals surface area contributed by atoms with Crippen LogP contribution in [0.25, 0.3) is 0 Å². The molecule has 4 heteroatoms. The summed E-state index contributed by atoms with van der Waals surface area (Å²) in [5.74, 6) is 5.40. The van der Waals surface area contributed by atoms with E-state index in [0.29, 0.717) is 5.56 Å². The van der Waals surface area contributed by atoms with Gasteiger partial charge in [-0.15, -0.1) is 0 Å². The summed E-state index contributed by atoms with van der Waals surface area (Å²) in [6, 6.07) is 12.4. The van der Waals surface area contributed by atoms with Gasteiger partial charge in [-0.3, -0.25) is 5.84 Å². The van der Waals surface area contributed by atoms with Gasteiger partial charge in [-0.05, 0) is 18.6 Å². The third kappa shape index (κ3) is 2.75. The fourth-order valence-electron chi connectivity index (χ4n) is 2.03. The fourth-order valence-corrected chi connectivity index (χ4v) is 2.03. The van der Waals surface area contributed by atoms with Crippen molar-refractivity contribution in [1.82, 2.24) is 5.43 Å². The first-order valence-electron chi connectivity index (χ1n) is 6.02. The maximum Gasteiger partial charge on any atom is 0.170 e. The Hall–Kier alpha value is -1.91. The van der Waals surface area contributed by atoms with Gasteiger partial charge >= 0.3 is 0 Å². The Bertz CT molecular complexity index is 555. The zero-order chi connectivity index (χ0) is 13.8. The summed E-state index contributed by atoms with van der Waals surface area (Å²) in [5, 5.41) is 0. The van der Waals surface area contributed by atoms with E-state index < -0.39 is 11.9 Å². The molecule has 2 aromatic carbocycles. The number of nitrogens with one attached hydrogen (secondary N) is 1. The smallest absolute Gasteiger partial charge is 0.170 e. The number of hydrazine groups is 1. The van der Waals surface area contributed by atoms with Crippen LogP contribution in [0.3, 0.4) is 0 Å². The Morgan fingerprint density at radius 2 is 1.84 bits per heavy atom. The molecule has 0 heterocycles. The van der Waals surface area contributed by atoms with E-state index >= 15 is 0 Å². The van der Waals surface area contributed by atoms with Crippen LogP contribution in [0.2, 0.25) is 0 Å². The van der Waals surface area contributed by atoms with Gasteiger partial charge in [0.1, 0.15) is 0 Å². The highest BCUT2D eigenvalue weighted by atomic mass is 19.1. The van der Waals surface area contributed by atoms with Gasteiger partial charge in [-0.2, -0.15) is 0 Å². The molecule has 0 aliphatic heterocycles. The topological polar surface area (TPSA) is 47.3 Å². The lowest BCUT2D eigenvalue weighted by molar-refractivity contribution is 0.381. The van der Waals surface area contributed by atoms with Crippen LogP contribution in [0.15, 0.2) is 42.5 Å². The van der Waals surface area contributed by atoms with Crippen LogP contribution < -0.4 is 16.0 Å². The van der Waals surface area contributed by atoms with Crippen LogP contribution in [0.1, 0.15) is 22.7 Å². The molecule has 3 nitrogen and oxygen atoms in total. The molecule has 0 saturated carbocycles. The van der Waals surface area contributed by atoms with Crippen LogP contribution in [-0.2, 0) is 0 Å². The van der Waals surface area contributed by atoms with Crippen molar-refractivity contribution in [2.75, 3.05) is 7.11 Å². The van der Waals surface area contributed by atoms with Crippen LogP contribution in [0.4, 0.5) is 4.39 Å². The lowest BCUT2D eigenvalue weighted by Crippen LogP contribution is -2.29. The molecule has 0 aliphatic rings. The van der Waals surface area contributed by atoms with E-state index in [9.17, 15) is 4.39 Å². The summed E-state index contributed by atoms with van der Waals surface area (Å²) in [7, 11) is 1.44. The van der Waals surface area contributed by atoms with E-state index in [1.165, 1.54) is 7.11 Å². The Morgan fingerprint density at radius 3 is 2.42 bits per heavy atom. The molecular weight excluding hydrogens is 243 g/mol. The van der Waals surface area contributed by atoms with Crippen LogP contribution >= 0.6 is 0 Å². The van der Waals surface area contributed by atoms with Crippen molar-refractivity contribution in [3.8, 4) is 5.75 Å². The number of ether oxygens (including phenoxy) is 1. The van der Waals surface area contributed by atoms with E-state index in [0.717, 1.165) is 11.1 Å². The molecule has 1 atom stereocenters. The van der Waals surface area contributed by atoms with Gasteiger partial charge in [0.05, 0.1) is 13.2 Å². The van der Waals surface area contributed by atoms with Gasteiger partial charge in [0, 0.05) is 5.56 Å². The highest BCUT2D eigenvalue weighted by Gasteiger charge is 2.18. The summed E-state index contributed by atoms with van der Waals surface area (Å²) in [5.41, 5.74) is 5.16. The third-order valence-corrected chi connectivity index (χ3v) is 3.10. The van der Waals surface area contributed by atoms with Crippen LogP contribution in [0.5, 0.6) is 5.75 Å². The van der Waals surface area contributed by atoms with Gasteiger partial charge in [-0.25, -0.2) is 9.82 Å². The lowest BCUT2D eigenvalue weighted by atomic mass is 9.97. The van der Waals surface area contributed by atoms with Crippen molar-refractivity contribution in [3.63, 3.8) is 0 Å². The number of halogens is 1. The fraction of sp³-hybridized carbons (Fsp3) is 0.200. The molecule has 0 aromatic heterocycles. The lowest BCUT2D eigenvalue weighted by Gasteiger charge is -2.18. The monoisotopic (exact) mass is 260 g/mol. The highest BCUT2D eigenvalue weighted by Crippen LogP contribution is 2.28. The number of hydrogen-bond acceptors (Lipinski definition) is 3. The molecule has 2 rings (SSSR count). The standard InChI is InChI=1S/C15H17FN2O/c1-10-6-8-11(9-7-10)15(18-17)12-4-3-5-13(19-2)14(12)16/h3-9,15,18H,17H2,1-2H3. The Morgan fingerprint density at radius 1 is 1.16 bits per heavy atom. The molecule has 0 amide bonds. The number of nitrogens with two attached hydrogens (primary N) is 1. The molecule has 19 heavy (non-hydrogen) atoms. The molecule has 0 fully saturated rings. The first-order valence-corrected chi connectivity index (χ1v) is 6.02. The van der Waals surface area contributed by atoms with E-state index in [1.54, 1.807) is 18.2 Å². The Balaban J connectivity index is 2.45. The quantitative estimate of drug-likeness (QED) is 0.656. The molecular formula is C15H17FN2O. The summed E-state index contributed by atoms with van der Waals surface area (Å²) < 4.78 is 19.2. The van der Waals surface area contributed by atoms with Crippen molar-refractivity contribution in [2.45, 2.75) is 13.0 Å². The minimum absolute atomic E-state index is 0.213. The maximum absolute atomic E-state index is 14.3. The van der Waals surface area contributed by atoms with Gasteiger partial charge in [0.25, 0.3) is 0 Å². The summed E-state index contributed by atoms with van der Waals surface area (Å²) in [6.07, 6.45) is 0. The number of benzene rings is 2. The van der Waals surface area contributed by atoms with Crippen molar-refractivity contribution < 1.29 is 9.13 Å². The Kier molecular flexibility index (Phi) is 4.14. The molecule has 0 bridgehead atoms. The number of methoxy groups -OCH3 is 1. The van der Waals surface area contributed by atoms with Gasteiger partial charge in [0.2, 0.25) is 0 Å². The average Bonchev–Trinajstić information content (AvgIpc) is 2.43. The molecule has 0 spiro atoms. The van der Waals surface area contributed by atoms with E-state index in [-0.39, 0.29) is 5.75 Å². The van der Waals surface area contributed by atoms with Gasteiger partial charge in [-0.1, -0.05) is 42.0 Å². The number of hydrogen-bond donors (Lipinski definition) is 2. The predicted molar refractivity (Wildman–Crippen MR) is 73.3 cm³/mol. The zero-order valence-electron chi connectivity index (χ0n) is 11.0. The largest absolute Gasteiger partial charge is 0.494 e. The Labute approximate surface area is 112 Å². The summed E-state index contributed by atoms with van der Waals surface area (Å²) in [4.78, 5) is 0. The normalized spacial score (nSPS) is 12.2. The van der Waals surface area contributed by atoms with Gasteiger partial charge in [0.15, 0.2) is 11.6 Å². The zero-order valence-corrected chi connectivity index (χ0v) is 11.0. The summed E-state index contributed by atoms with van der Waals surface area (Å²) >= 11 is 0. The van der Waals surface area contributed by atoms with E-state index in [2.05, 4.69) is 5.43 Å². The molecule has 100 valence electrons. The highest BCUT2D eigenvalue weighted by molar-refractivity contribution is 5.38. The van der Waals surface area contributed by atoms with E-state index in [4.69, 9.17) is 10.6 Å². The molecule has 1 unspecified atom stereocenters. The first kappa shape index (κ1) is 13.5. The number of aryl methyl sites for hydroxylation is 1. The van der Waals surface area contributed by atoms with Gasteiger partial charge < -0.3 is 4.74 Å². The molecule has 2 aromatic rings. The van der Waals surface area contributed by atoms with Crippen molar-refractivity contribution in [1.29, 1.82) is 0 Å². The average molecular weight is 260 g/mol. The second-order valence-corrected chi connectivity index (χ2v) is 4.37. The van der Waals surface area contributed by atoms with Crippen molar-refractivity contribution in [2.24, 2.45) is 5.84 Å². The van der Waals surface area contributed by atoms with E-state index in [1.807, 2.05) is 31.2 Å². The number of rotatable bonds is 4. The molecule has 0 radical (unpaired) electrons. The maximum atomic E-state index is 14.3. The van der Waals surface area contributed by atoms with Crippen molar-refractivity contribution >= 4 is 0 Å². The van der Waals surface area contributed by atoms with Crippen LogP contribution in [-0.4, -0.2) is 7.11 Å². The van der Waals surface area contributed by atoms with Crippen molar-refractivity contribution in [3.05, 3.63) is 65.0 Å². The third-order valence-electron chi connectivity index (χ3n) is 3.10. The van der Waals surface area contributed by atoms with Crippen LogP contribution in [0, 0.1) is 12.7 Å². The minimum atomic E-state index is -0.407. The first-order chi connectivity index (χ1) is 9.17. The SMILES string of the molecule is COc1cccc(C(NN)c2ccc(C)cc2)c1F. The predicted octanol–water partition coefficient (Wildman–Crippen LogP) is 2.70. The molecule has 3 N–H and O–H groups in total. The second-order valence-electron chi connectivity index (χ2n) is 4.37. The second kappa shape index (κ2) is 5.82. The summed E-state index contributed by atoms with van der Waals surface area (Å²) in [6.45, 7) is 2.00.